The summed E-state index contributed by atoms with van der Waals surface area (Å²) in [5.41, 5.74) is -5.68. The van der Waals surface area contributed by atoms with Gasteiger partial charge in [-0.15, -0.1) is 0 Å². The molecule has 1 fully saturated rings. The van der Waals surface area contributed by atoms with Crippen LogP contribution in [0.5, 0.6) is 0 Å². The van der Waals surface area contributed by atoms with Crippen LogP contribution in [0.3, 0.4) is 0 Å². The van der Waals surface area contributed by atoms with Crippen LogP contribution < -0.4 is 0 Å². The number of nitrogens with zero attached hydrogens (tertiary/aromatic N) is 1. The van der Waals surface area contributed by atoms with E-state index < -0.39 is 97.6 Å². The molecule has 0 aliphatic carbocycles. The number of alkyl halides is 17. The van der Waals surface area contributed by atoms with Crippen molar-refractivity contribution in [2.24, 2.45) is 0 Å². The van der Waals surface area contributed by atoms with Crippen LogP contribution in [-0.4, -0.2) is 91.2 Å². The first-order valence-corrected chi connectivity index (χ1v) is 9.88. The number of halogens is 17. The van der Waals surface area contributed by atoms with Gasteiger partial charge in [0.2, 0.25) is 0 Å². The van der Waals surface area contributed by atoms with Gasteiger partial charge in [-0.25, -0.2) is 22.0 Å². The lowest BCUT2D eigenvalue weighted by Gasteiger charge is -2.46. The van der Waals surface area contributed by atoms with E-state index in [-0.39, 0.29) is 6.92 Å². The van der Waals surface area contributed by atoms with E-state index in [1.54, 1.807) is 0 Å². The van der Waals surface area contributed by atoms with Gasteiger partial charge in [0, 0.05) is 13.1 Å². The van der Waals surface area contributed by atoms with Crippen LogP contribution in [0.25, 0.3) is 0 Å². The molecule has 0 amide bonds. The summed E-state index contributed by atoms with van der Waals surface area (Å²) in [5.74, 6) is -5.67. The summed E-state index contributed by atoms with van der Waals surface area (Å²) in [6.45, 7) is -3.88. The molecule has 1 saturated heterocycles. The quantitative estimate of drug-likeness (QED) is 0.239. The second-order valence-electron chi connectivity index (χ2n) is 8.01. The normalized spacial score (nSPS) is 26.4. The van der Waals surface area contributed by atoms with Crippen LogP contribution in [0.4, 0.5) is 74.6 Å². The Kier molecular flexibility index (Phi) is 9.74. The molecule has 1 aliphatic heterocycles. The Bertz CT molecular complexity index is 726. The molecule has 7 unspecified atom stereocenters. The zero-order valence-corrected chi connectivity index (χ0v) is 18.3. The first kappa shape index (κ1) is 33.7. The molecule has 37 heavy (non-hydrogen) atoms. The summed E-state index contributed by atoms with van der Waals surface area (Å²) in [4.78, 5) is -0.893. The van der Waals surface area contributed by atoms with Crippen molar-refractivity contribution >= 4 is 0 Å². The minimum Gasteiger partial charge on any atom is -0.365 e. The maximum atomic E-state index is 15.3. The molecular weight excluding hydrogens is 573 g/mol. The molecule has 0 radical (unpaired) electrons. The van der Waals surface area contributed by atoms with E-state index in [9.17, 15) is 65.9 Å². The number of ether oxygens (including phenoxy) is 2. The lowest BCUT2D eigenvalue weighted by Crippen LogP contribution is -2.68. The fourth-order valence-electron chi connectivity index (χ4n) is 3.32. The minimum absolute atomic E-state index is 0.126. The highest BCUT2D eigenvalue weighted by Crippen LogP contribution is 2.47. The van der Waals surface area contributed by atoms with Crippen molar-refractivity contribution in [1.29, 1.82) is 0 Å². The van der Waals surface area contributed by atoms with Crippen LogP contribution in [0.2, 0.25) is 0 Å². The molecule has 3 nitrogen and oxygen atoms in total. The zero-order valence-electron chi connectivity index (χ0n) is 18.3. The van der Waals surface area contributed by atoms with Crippen LogP contribution in [-0.2, 0) is 9.47 Å². The van der Waals surface area contributed by atoms with Gasteiger partial charge in [0.15, 0.2) is 18.5 Å². The fraction of sp³-hybridized carbons (Fsp3) is 1.00. The molecule has 1 aliphatic rings. The van der Waals surface area contributed by atoms with E-state index in [0.717, 1.165) is 0 Å². The average molecular weight is 591 g/mol. The molecule has 0 N–H and O–H groups in total. The number of hydrogen-bond acceptors (Lipinski definition) is 3. The van der Waals surface area contributed by atoms with Crippen molar-refractivity contribution in [3.8, 4) is 0 Å². The lowest BCUT2D eigenvalue weighted by molar-refractivity contribution is -0.344. The Balaban J connectivity index is 3.46. The minimum atomic E-state index is -6.60. The van der Waals surface area contributed by atoms with Gasteiger partial charge in [-0.2, -0.15) is 52.7 Å². The summed E-state index contributed by atoms with van der Waals surface area (Å²) in [6.07, 6.45) is -49.6. The highest BCUT2D eigenvalue weighted by atomic mass is 19.4. The van der Waals surface area contributed by atoms with Crippen molar-refractivity contribution in [3.05, 3.63) is 0 Å². The van der Waals surface area contributed by atoms with Crippen LogP contribution in [0.1, 0.15) is 20.3 Å². The summed E-state index contributed by atoms with van der Waals surface area (Å²) in [7, 11) is 0. The van der Waals surface area contributed by atoms with Crippen LogP contribution in [0.15, 0.2) is 0 Å². The van der Waals surface area contributed by atoms with Crippen molar-refractivity contribution in [2.45, 2.75) is 93.4 Å². The third-order valence-electron chi connectivity index (χ3n) is 5.34. The molecule has 1 rings (SSSR count). The third kappa shape index (κ3) is 7.21. The molecule has 0 spiro atoms. The Hall–Kier alpha value is -1.31. The van der Waals surface area contributed by atoms with Crippen LogP contribution >= 0.6 is 0 Å². The third-order valence-corrected chi connectivity index (χ3v) is 5.34. The lowest BCUT2D eigenvalue weighted by atomic mass is 9.92. The molecule has 7 atom stereocenters. The predicted octanol–water partition coefficient (Wildman–Crippen LogP) is 6.47. The van der Waals surface area contributed by atoms with Crippen molar-refractivity contribution < 1.29 is 84.1 Å². The van der Waals surface area contributed by atoms with E-state index in [2.05, 4.69) is 9.47 Å². The number of rotatable bonds is 8. The summed E-state index contributed by atoms with van der Waals surface area (Å²) >= 11 is 0. The Morgan fingerprint density at radius 1 is 0.784 bits per heavy atom. The molecule has 0 aromatic rings. The second-order valence-corrected chi connectivity index (χ2v) is 8.01. The van der Waals surface area contributed by atoms with E-state index in [4.69, 9.17) is 0 Å². The summed E-state index contributed by atoms with van der Waals surface area (Å²) < 4.78 is 235. The molecule has 0 bridgehead atoms. The molecular formula is C17H18F17NO2. The van der Waals surface area contributed by atoms with Crippen molar-refractivity contribution in [3.63, 3.8) is 0 Å². The van der Waals surface area contributed by atoms with Gasteiger partial charge in [0.05, 0.1) is 0 Å². The first-order valence-electron chi connectivity index (χ1n) is 9.88. The SMILES string of the molecule is CCC(OC(C)C(F)(F)C(F)C(F)(F)F)C(F)(C(F)N1CC(C(F)(F)F)OC(C(F)(F)F)C1)C(F)(F)F. The van der Waals surface area contributed by atoms with E-state index in [1.807, 2.05) is 0 Å². The van der Waals surface area contributed by atoms with Crippen LogP contribution in [0, 0.1) is 0 Å². The van der Waals surface area contributed by atoms with Gasteiger partial charge in [0.25, 0.3) is 11.8 Å². The van der Waals surface area contributed by atoms with Gasteiger partial charge in [-0.05, 0) is 13.3 Å². The molecule has 0 aromatic heterocycles. The van der Waals surface area contributed by atoms with E-state index in [0.29, 0.717) is 6.92 Å². The Labute approximate surface area is 196 Å². The standard InChI is InChI=1S/C17H18F17NO2/c1-3-7(36-6(2)13(21,22)10(18)16(29,30)31)12(20,17(32,33)34)11(19)35-4-8(14(23,24)25)37-9(5-35)15(26,27)28/h6-11H,3-5H2,1-2H3. The highest BCUT2D eigenvalue weighted by Gasteiger charge is 2.70. The summed E-state index contributed by atoms with van der Waals surface area (Å²) in [5, 5.41) is 0. The highest BCUT2D eigenvalue weighted by molar-refractivity contribution is 5.03. The largest absolute Gasteiger partial charge is 0.429 e. The number of morpholine rings is 1. The predicted molar refractivity (Wildman–Crippen MR) is 87.7 cm³/mol. The fourth-order valence-corrected chi connectivity index (χ4v) is 3.32. The molecule has 1 heterocycles. The zero-order chi connectivity index (χ0) is 29.6. The monoisotopic (exact) mass is 591 g/mol. The van der Waals surface area contributed by atoms with Crippen molar-refractivity contribution in [2.75, 3.05) is 13.1 Å². The summed E-state index contributed by atoms with van der Waals surface area (Å²) in [6, 6.07) is 0. The van der Waals surface area contributed by atoms with E-state index in [1.165, 1.54) is 0 Å². The van der Waals surface area contributed by atoms with Gasteiger partial charge in [-0.1, -0.05) is 6.92 Å². The number of hydrogen-bond donors (Lipinski definition) is 0. The maximum absolute atomic E-state index is 15.3. The van der Waals surface area contributed by atoms with Gasteiger partial charge in [0.1, 0.15) is 12.2 Å². The molecule has 222 valence electrons. The topological polar surface area (TPSA) is 21.7 Å². The molecule has 20 heteroatoms. The second kappa shape index (κ2) is 10.7. The van der Waals surface area contributed by atoms with Gasteiger partial charge >= 0.3 is 30.6 Å². The maximum Gasteiger partial charge on any atom is 0.429 e. The van der Waals surface area contributed by atoms with Gasteiger partial charge in [-0.3, -0.25) is 4.90 Å². The van der Waals surface area contributed by atoms with E-state index >= 15 is 8.78 Å². The van der Waals surface area contributed by atoms with Gasteiger partial charge < -0.3 is 9.47 Å². The van der Waals surface area contributed by atoms with Crippen molar-refractivity contribution in [1.82, 2.24) is 4.90 Å². The smallest absolute Gasteiger partial charge is 0.365 e. The first-order chi connectivity index (χ1) is 16.2. The Morgan fingerprint density at radius 3 is 1.49 bits per heavy atom. The molecule has 0 aromatic carbocycles. The molecule has 0 saturated carbocycles. The Morgan fingerprint density at radius 2 is 1.19 bits per heavy atom. The average Bonchev–Trinajstić information content (AvgIpc) is 2.72.